The minimum absolute atomic E-state index is 0.118. The number of alkyl halides is 2. The van der Waals surface area contributed by atoms with E-state index in [0.29, 0.717) is 10.7 Å². The molecule has 0 bridgehead atoms. The lowest BCUT2D eigenvalue weighted by molar-refractivity contribution is -0.0493. The lowest BCUT2D eigenvalue weighted by Gasteiger charge is -2.10. The van der Waals surface area contributed by atoms with Gasteiger partial charge in [0.25, 0.3) is 5.91 Å². The second kappa shape index (κ2) is 7.31. The van der Waals surface area contributed by atoms with Crippen LogP contribution in [0, 0.1) is 0 Å². The molecule has 0 aliphatic rings. The summed E-state index contributed by atoms with van der Waals surface area (Å²) >= 11 is 5.93. The first-order valence-corrected chi connectivity index (χ1v) is 7.56. The SMILES string of the molecule is O=C(Nc1ccccc1OC(F)F)c1cnn(-c2cccc(Cl)c2)c1. The number of hydrogen-bond donors (Lipinski definition) is 1. The highest BCUT2D eigenvalue weighted by atomic mass is 35.5. The Kier molecular flexibility index (Phi) is 4.95. The maximum atomic E-state index is 12.4. The van der Waals surface area contributed by atoms with Crippen molar-refractivity contribution in [2.45, 2.75) is 6.61 Å². The molecular weight excluding hydrogens is 352 g/mol. The van der Waals surface area contributed by atoms with E-state index in [0.717, 1.165) is 0 Å². The zero-order valence-electron chi connectivity index (χ0n) is 12.7. The van der Waals surface area contributed by atoms with Gasteiger partial charge in [0.05, 0.1) is 23.1 Å². The third-order valence-electron chi connectivity index (χ3n) is 3.27. The van der Waals surface area contributed by atoms with E-state index in [1.165, 1.54) is 35.3 Å². The van der Waals surface area contributed by atoms with Gasteiger partial charge < -0.3 is 10.1 Å². The quantitative estimate of drug-likeness (QED) is 0.732. The van der Waals surface area contributed by atoms with Crippen LogP contribution >= 0.6 is 11.6 Å². The number of anilines is 1. The third kappa shape index (κ3) is 4.13. The number of aromatic nitrogens is 2. The largest absolute Gasteiger partial charge is 0.433 e. The number of halogens is 3. The van der Waals surface area contributed by atoms with Crippen LogP contribution in [0.2, 0.25) is 5.02 Å². The van der Waals surface area contributed by atoms with E-state index >= 15 is 0 Å². The predicted molar refractivity (Wildman–Crippen MR) is 89.6 cm³/mol. The summed E-state index contributed by atoms with van der Waals surface area (Å²) in [4.78, 5) is 12.3. The molecule has 1 heterocycles. The molecule has 128 valence electrons. The van der Waals surface area contributed by atoms with Crippen LogP contribution in [0.4, 0.5) is 14.5 Å². The van der Waals surface area contributed by atoms with Crippen molar-refractivity contribution in [2.24, 2.45) is 0 Å². The number of amides is 1. The molecular formula is C17H12ClF2N3O2. The zero-order valence-corrected chi connectivity index (χ0v) is 13.5. The standard InChI is InChI=1S/C17H12ClF2N3O2/c18-12-4-3-5-13(8-12)23-10-11(9-21-23)16(24)22-14-6-1-2-7-15(14)25-17(19)20/h1-10,17H,(H,22,24). The monoisotopic (exact) mass is 363 g/mol. The fourth-order valence-corrected chi connectivity index (χ4v) is 2.35. The van der Waals surface area contributed by atoms with E-state index in [9.17, 15) is 13.6 Å². The Morgan fingerprint density at radius 2 is 2.00 bits per heavy atom. The predicted octanol–water partition coefficient (Wildman–Crippen LogP) is 4.38. The third-order valence-corrected chi connectivity index (χ3v) is 3.50. The molecule has 3 rings (SSSR count). The maximum Gasteiger partial charge on any atom is 0.387 e. The second-order valence-corrected chi connectivity index (χ2v) is 5.42. The first-order valence-electron chi connectivity index (χ1n) is 7.19. The van der Waals surface area contributed by atoms with Crippen LogP contribution in [-0.2, 0) is 0 Å². The molecule has 0 aliphatic heterocycles. The van der Waals surface area contributed by atoms with Gasteiger partial charge in [0.1, 0.15) is 5.75 Å². The number of para-hydroxylation sites is 2. The summed E-state index contributed by atoms with van der Waals surface area (Å²) in [5, 5.41) is 7.18. The first kappa shape index (κ1) is 16.9. The van der Waals surface area contributed by atoms with E-state index in [-0.39, 0.29) is 17.0 Å². The van der Waals surface area contributed by atoms with Crippen LogP contribution in [0.15, 0.2) is 60.9 Å². The van der Waals surface area contributed by atoms with Crippen LogP contribution in [0.5, 0.6) is 5.75 Å². The van der Waals surface area contributed by atoms with Crippen molar-refractivity contribution >= 4 is 23.2 Å². The number of carbonyl (C=O) groups excluding carboxylic acids is 1. The molecule has 0 fully saturated rings. The van der Waals surface area contributed by atoms with E-state index in [4.69, 9.17) is 11.6 Å². The Bertz CT molecular complexity index is 899. The molecule has 2 aromatic carbocycles. The fraction of sp³-hybridized carbons (Fsp3) is 0.0588. The summed E-state index contributed by atoms with van der Waals surface area (Å²) in [6, 6.07) is 12.9. The number of nitrogens with one attached hydrogen (secondary N) is 1. The zero-order chi connectivity index (χ0) is 17.8. The van der Waals surface area contributed by atoms with E-state index < -0.39 is 12.5 Å². The molecule has 0 atom stereocenters. The van der Waals surface area contributed by atoms with Crippen molar-refractivity contribution in [3.8, 4) is 11.4 Å². The van der Waals surface area contributed by atoms with Gasteiger partial charge in [-0.2, -0.15) is 13.9 Å². The van der Waals surface area contributed by atoms with E-state index in [2.05, 4.69) is 15.2 Å². The van der Waals surface area contributed by atoms with Gasteiger partial charge in [0, 0.05) is 11.2 Å². The second-order valence-electron chi connectivity index (χ2n) is 4.98. The van der Waals surface area contributed by atoms with Crippen LogP contribution in [0.1, 0.15) is 10.4 Å². The molecule has 8 heteroatoms. The highest BCUT2D eigenvalue weighted by molar-refractivity contribution is 6.30. The molecule has 0 saturated heterocycles. The Labute approximate surface area is 146 Å². The lowest BCUT2D eigenvalue weighted by Crippen LogP contribution is -2.13. The van der Waals surface area contributed by atoms with Gasteiger partial charge >= 0.3 is 6.61 Å². The van der Waals surface area contributed by atoms with Gasteiger partial charge in [0.2, 0.25) is 0 Å². The van der Waals surface area contributed by atoms with Gasteiger partial charge in [-0.05, 0) is 30.3 Å². The smallest absolute Gasteiger partial charge is 0.387 e. The van der Waals surface area contributed by atoms with Gasteiger partial charge in [0.15, 0.2) is 0 Å². The molecule has 25 heavy (non-hydrogen) atoms. The number of ether oxygens (including phenoxy) is 1. The average Bonchev–Trinajstić information content (AvgIpc) is 3.06. The summed E-state index contributed by atoms with van der Waals surface area (Å²) in [5.74, 6) is -0.619. The number of rotatable bonds is 5. The van der Waals surface area contributed by atoms with Crippen LogP contribution < -0.4 is 10.1 Å². The van der Waals surface area contributed by atoms with Crippen molar-refractivity contribution in [3.05, 3.63) is 71.5 Å². The van der Waals surface area contributed by atoms with Crippen LogP contribution in [-0.4, -0.2) is 22.3 Å². The summed E-state index contributed by atoms with van der Waals surface area (Å²) in [6.45, 7) is -2.98. The number of carbonyl (C=O) groups is 1. The molecule has 3 aromatic rings. The van der Waals surface area contributed by atoms with E-state index in [1.54, 1.807) is 30.3 Å². The average molecular weight is 364 g/mol. The summed E-state index contributed by atoms with van der Waals surface area (Å²) in [7, 11) is 0. The van der Waals surface area contributed by atoms with Crippen molar-refractivity contribution < 1.29 is 18.3 Å². The first-order chi connectivity index (χ1) is 12.0. The van der Waals surface area contributed by atoms with Crippen LogP contribution in [0.25, 0.3) is 5.69 Å². The Morgan fingerprint density at radius 1 is 1.20 bits per heavy atom. The Balaban J connectivity index is 1.79. The van der Waals surface area contributed by atoms with Gasteiger partial charge in [-0.3, -0.25) is 4.79 Å². The number of hydrogen-bond acceptors (Lipinski definition) is 3. The summed E-state index contributed by atoms with van der Waals surface area (Å²) < 4.78 is 30.7. The van der Waals surface area contributed by atoms with Crippen molar-refractivity contribution in [2.75, 3.05) is 5.32 Å². The summed E-state index contributed by atoms with van der Waals surface area (Å²) in [5.41, 5.74) is 1.09. The van der Waals surface area contributed by atoms with Gasteiger partial charge in [-0.25, -0.2) is 4.68 Å². The highest BCUT2D eigenvalue weighted by Crippen LogP contribution is 2.26. The Hall–Kier alpha value is -2.93. The Morgan fingerprint density at radius 3 is 2.76 bits per heavy atom. The maximum absolute atomic E-state index is 12.4. The van der Waals surface area contributed by atoms with Gasteiger partial charge in [-0.1, -0.05) is 29.8 Å². The minimum Gasteiger partial charge on any atom is -0.433 e. The molecule has 0 radical (unpaired) electrons. The summed E-state index contributed by atoms with van der Waals surface area (Å²) in [6.07, 6.45) is 2.88. The van der Waals surface area contributed by atoms with Crippen molar-refractivity contribution in [1.82, 2.24) is 9.78 Å². The molecule has 0 saturated carbocycles. The number of nitrogens with zero attached hydrogens (tertiary/aromatic N) is 2. The molecule has 1 aromatic heterocycles. The molecule has 0 aliphatic carbocycles. The van der Waals surface area contributed by atoms with Crippen molar-refractivity contribution in [1.29, 1.82) is 0 Å². The molecule has 0 spiro atoms. The molecule has 1 amide bonds. The number of benzene rings is 2. The van der Waals surface area contributed by atoms with Gasteiger partial charge in [-0.15, -0.1) is 0 Å². The highest BCUT2D eigenvalue weighted by Gasteiger charge is 2.14. The minimum atomic E-state index is -2.98. The fourth-order valence-electron chi connectivity index (χ4n) is 2.16. The molecule has 0 unspecified atom stereocenters. The van der Waals surface area contributed by atoms with Crippen molar-refractivity contribution in [3.63, 3.8) is 0 Å². The van der Waals surface area contributed by atoms with Crippen LogP contribution in [0.3, 0.4) is 0 Å². The van der Waals surface area contributed by atoms with E-state index in [1.807, 2.05) is 0 Å². The molecule has 5 nitrogen and oxygen atoms in total. The topological polar surface area (TPSA) is 56.1 Å². The molecule has 1 N–H and O–H groups in total. The normalized spacial score (nSPS) is 10.7. The lowest BCUT2D eigenvalue weighted by atomic mass is 10.2.